The maximum Gasteiger partial charge on any atom is 0.415 e. The first-order valence-corrected chi connectivity index (χ1v) is 8.92. The number of anilines is 2. The van der Waals surface area contributed by atoms with Gasteiger partial charge < -0.3 is 14.6 Å². The quantitative estimate of drug-likeness (QED) is 0.840. The molecule has 1 aliphatic heterocycles. The average Bonchev–Trinajstić information content (AvgIpc) is 3.20. The van der Waals surface area contributed by atoms with Crippen molar-refractivity contribution in [1.29, 1.82) is 0 Å². The number of rotatable bonds is 6. The van der Waals surface area contributed by atoms with E-state index in [4.69, 9.17) is 9.26 Å². The first-order chi connectivity index (χ1) is 12.5. The molecule has 26 heavy (non-hydrogen) atoms. The monoisotopic (exact) mass is 358 g/mol. The molecular weight excluding hydrogens is 336 g/mol. The zero-order valence-corrected chi connectivity index (χ0v) is 15.0. The second kappa shape index (κ2) is 6.54. The van der Waals surface area contributed by atoms with Gasteiger partial charge in [-0.3, -0.25) is 4.90 Å². The molecule has 3 heterocycles. The van der Waals surface area contributed by atoms with Gasteiger partial charge in [0.25, 0.3) is 0 Å². The molecule has 0 aromatic carbocycles. The minimum Gasteiger partial charge on any atom is -0.447 e. The van der Waals surface area contributed by atoms with Crippen LogP contribution in [0.3, 0.4) is 0 Å². The Balaban J connectivity index is 1.50. The molecule has 1 saturated carbocycles. The Morgan fingerprint density at radius 2 is 2.08 bits per heavy atom. The van der Waals surface area contributed by atoms with Crippen LogP contribution in [0.1, 0.15) is 57.3 Å². The van der Waals surface area contributed by atoms with E-state index in [2.05, 4.69) is 39.3 Å². The van der Waals surface area contributed by atoms with Gasteiger partial charge in [0.05, 0.1) is 6.04 Å². The molecule has 0 spiro atoms. The summed E-state index contributed by atoms with van der Waals surface area (Å²) < 4.78 is 10.5. The maximum atomic E-state index is 12.1. The zero-order valence-electron chi connectivity index (χ0n) is 15.0. The highest BCUT2D eigenvalue weighted by Gasteiger charge is 2.37. The van der Waals surface area contributed by atoms with E-state index in [1.807, 2.05) is 6.92 Å². The van der Waals surface area contributed by atoms with Gasteiger partial charge in [0, 0.05) is 12.1 Å². The Bertz CT molecular complexity index is 803. The smallest absolute Gasteiger partial charge is 0.415 e. The van der Waals surface area contributed by atoms with Crippen molar-refractivity contribution in [3.8, 4) is 0 Å². The van der Waals surface area contributed by atoms with Crippen molar-refractivity contribution in [3.63, 3.8) is 0 Å². The molecule has 9 heteroatoms. The van der Waals surface area contributed by atoms with Crippen molar-refractivity contribution in [1.82, 2.24) is 20.1 Å². The fourth-order valence-corrected chi connectivity index (χ4v) is 2.93. The Labute approximate surface area is 151 Å². The molecule has 138 valence electrons. The molecular formula is C17H22N6O3. The van der Waals surface area contributed by atoms with Crippen molar-refractivity contribution in [3.05, 3.63) is 24.0 Å². The zero-order chi connectivity index (χ0) is 18.3. The second-order valence-electron chi connectivity index (χ2n) is 7.13. The van der Waals surface area contributed by atoms with Crippen LogP contribution in [0.2, 0.25) is 0 Å². The summed E-state index contributed by atoms with van der Waals surface area (Å²) >= 11 is 0. The third-order valence-corrected chi connectivity index (χ3v) is 4.68. The highest BCUT2D eigenvalue weighted by Crippen LogP contribution is 2.38. The van der Waals surface area contributed by atoms with Gasteiger partial charge in [-0.05, 0) is 31.7 Å². The number of nitrogens with zero attached hydrogens (tertiary/aromatic N) is 5. The van der Waals surface area contributed by atoms with E-state index < -0.39 is 0 Å². The van der Waals surface area contributed by atoms with Crippen LogP contribution in [0.5, 0.6) is 0 Å². The minimum atomic E-state index is -0.382. The summed E-state index contributed by atoms with van der Waals surface area (Å²) in [4.78, 5) is 26.8. The van der Waals surface area contributed by atoms with Gasteiger partial charge in [-0.25, -0.2) is 9.78 Å². The number of hydrogen-bond donors (Lipinski definition) is 1. The normalized spacial score (nSPS) is 21.2. The third kappa shape index (κ3) is 3.21. The topological polar surface area (TPSA) is 106 Å². The Morgan fingerprint density at radius 1 is 1.27 bits per heavy atom. The van der Waals surface area contributed by atoms with Crippen LogP contribution in [0.25, 0.3) is 0 Å². The summed E-state index contributed by atoms with van der Waals surface area (Å²) in [6.45, 7) is 6.37. The standard InChI is InChI=1S/C17H22N6O3/c1-9(2)12-8-25-17(24)23(12)13-6-7-18-16(20-13)19-10(3)15-21-14(22-26-15)11-4-5-11/h6-7,9-12H,4-5,8H2,1-3H3,(H,18,19,20)/t10?,12-/m1/s1. The predicted octanol–water partition coefficient (Wildman–Crippen LogP) is 2.89. The van der Waals surface area contributed by atoms with Crippen molar-refractivity contribution >= 4 is 17.9 Å². The van der Waals surface area contributed by atoms with E-state index in [0.29, 0.717) is 30.2 Å². The van der Waals surface area contributed by atoms with Gasteiger partial charge in [0.2, 0.25) is 11.8 Å². The molecule has 1 aliphatic carbocycles. The fourth-order valence-electron chi connectivity index (χ4n) is 2.93. The van der Waals surface area contributed by atoms with Crippen LogP contribution in [-0.4, -0.2) is 38.9 Å². The van der Waals surface area contributed by atoms with Gasteiger partial charge in [-0.2, -0.15) is 9.97 Å². The van der Waals surface area contributed by atoms with E-state index in [1.165, 1.54) is 0 Å². The van der Waals surface area contributed by atoms with Gasteiger partial charge in [0.1, 0.15) is 18.5 Å². The number of nitrogens with one attached hydrogen (secondary N) is 1. The Morgan fingerprint density at radius 3 is 2.81 bits per heavy atom. The van der Waals surface area contributed by atoms with E-state index in [1.54, 1.807) is 17.2 Å². The molecule has 2 atom stereocenters. The predicted molar refractivity (Wildman–Crippen MR) is 92.8 cm³/mol. The van der Waals surface area contributed by atoms with Crippen LogP contribution in [0, 0.1) is 5.92 Å². The largest absolute Gasteiger partial charge is 0.447 e. The van der Waals surface area contributed by atoms with Gasteiger partial charge >= 0.3 is 6.09 Å². The van der Waals surface area contributed by atoms with E-state index in [9.17, 15) is 4.79 Å². The number of carbonyl (C=O) groups excluding carboxylic acids is 1. The summed E-state index contributed by atoms with van der Waals surface area (Å²) in [5.41, 5.74) is 0. The molecule has 1 N–H and O–H groups in total. The van der Waals surface area contributed by atoms with Gasteiger partial charge in [0.15, 0.2) is 5.82 Å². The first kappa shape index (κ1) is 16.7. The summed E-state index contributed by atoms with van der Waals surface area (Å²) in [7, 11) is 0. The van der Waals surface area contributed by atoms with Crippen LogP contribution in [0.4, 0.5) is 16.6 Å². The second-order valence-corrected chi connectivity index (χ2v) is 7.13. The third-order valence-electron chi connectivity index (χ3n) is 4.68. The maximum absolute atomic E-state index is 12.1. The first-order valence-electron chi connectivity index (χ1n) is 8.92. The lowest BCUT2D eigenvalue weighted by Crippen LogP contribution is -2.37. The lowest BCUT2D eigenvalue weighted by molar-refractivity contribution is 0.177. The molecule has 1 unspecified atom stereocenters. The van der Waals surface area contributed by atoms with Crippen molar-refractivity contribution in [2.75, 3.05) is 16.8 Å². The molecule has 1 amide bonds. The molecule has 2 fully saturated rings. The number of cyclic esters (lactones) is 1. The van der Waals surface area contributed by atoms with Gasteiger partial charge in [-0.15, -0.1) is 0 Å². The number of amides is 1. The number of hydrogen-bond acceptors (Lipinski definition) is 8. The van der Waals surface area contributed by atoms with Crippen LogP contribution in [-0.2, 0) is 4.74 Å². The summed E-state index contributed by atoms with van der Waals surface area (Å²) in [5, 5.41) is 7.18. The SMILES string of the molecule is CC(Nc1nccc(N2C(=O)OC[C@@H]2C(C)C)n1)c1nc(C2CC2)no1. The molecule has 0 bridgehead atoms. The van der Waals surface area contributed by atoms with E-state index in [-0.39, 0.29) is 24.1 Å². The number of ether oxygens (including phenoxy) is 1. The van der Waals surface area contributed by atoms with Gasteiger partial charge in [-0.1, -0.05) is 19.0 Å². The minimum absolute atomic E-state index is 0.0419. The summed E-state index contributed by atoms with van der Waals surface area (Å²) in [6.07, 6.45) is 3.47. The highest BCUT2D eigenvalue weighted by atomic mass is 16.6. The van der Waals surface area contributed by atoms with Crippen LogP contribution < -0.4 is 10.2 Å². The molecule has 2 aromatic heterocycles. The van der Waals surface area contributed by atoms with Crippen molar-refractivity contribution < 1.29 is 14.1 Å². The lowest BCUT2D eigenvalue weighted by Gasteiger charge is -2.23. The lowest BCUT2D eigenvalue weighted by atomic mass is 10.0. The number of carbonyl (C=O) groups is 1. The van der Waals surface area contributed by atoms with Crippen LogP contribution >= 0.6 is 0 Å². The summed E-state index contributed by atoms with van der Waals surface area (Å²) in [5.74, 6) is 2.87. The van der Waals surface area contributed by atoms with E-state index in [0.717, 1.165) is 18.7 Å². The fraction of sp³-hybridized carbons (Fsp3) is 0.588. The number of aromatic nitrogens is 4. The Hall–Kier alpha value is -2.71. The van der Waals surface area contributed by atoms with Crippen molar-refractivity contribution in [2.24, 2.45) is 5.92 Å². The molecule has 1 saturated heterocycles. The van der Waals surface area contributed by atoms with E-state index >= 15 is 0 Å². The molecule has 4 rings (SSSR count). The van der Waals surface area contributed by atoms with Crippen LogP contribution in [0.15, 0.2) is 16.8 Å². The molecule has 2 aliphatic rings. The molecule has 9 nitrogen and oxygen atoms in total. The summed E-state index contributed by atoms with van der Waals surface area (Å²) in [6, 6.07) is 1.42. The Kier molecular flexibility index (Phi) is 4.21. The molecule has 0 radical (unpaired) electrons. The highest BCUT2D eigenvalue weighted by molar-refractivity contribution is 5.89. The molecule has 2 aromatic rings. The average molecular weight is 358 g/mol. The van der Waals surface area contributed by atoms with Crippen molar-refractivity contribution in [2.45, 2.75) is 51.6 Å².